The molecule has 0 spiro atoms. The molecule has 14 heavy (non-hydrogen) atoms. The maximum atomic E-state index is 11.3. The van der Waals surface area contributed by atoms with E-state index in [1.165, 1.54) is 7.11 Å². The van der Waals surface area contributed by atoms with Crippen molar-refractivity contribution >= 4 is 5.91 Å². The highest BCUT2D eigenvalue weighted by Crippen LogP contribution is 2.14. The lowest BCUT2D eigenvalue weighted by atomic mass is 10.2. The summed E-state index contributed by atoms with van der Waals surface area (Å²) >= 11 is 0. The Morgan fingerprint density at radius 1 is 1.71 bits per heavy atom. The lowest BCUT2D eigenvalue weighted by Gasteiger charge is -2.12. The van der Waals surface area contributed by atoms with Gasteiger partial charge in [0.2, 0.25) is 5.91 Å². The summed E-state index contributed by atoms with van der Waals surface area (Å²) in [7, 11) is 1.53. The van der Waals surface area contributed by atoms with Crippen LogP contribution in [0.5, 0.6) is 0 Å². The van der Waals surface area contributed by atoms with E-state index in [-0.39, 0.29) is 12.0 Å². The molecule has 2 atom stereocenters. The van der Waals surface area contributed by atoms with Gasteiger partial charge < -0.3 is 14.8 Å². The second-order valence-electron chi connectivity index (χ2n) is 3.59. The van der Waals surface area contributed by atoms with Gasteiger partial charge in [-0.2, -0.15) is 0 Å². The van der Waals surface area contributed by atoms with Gasteiger partial charge in [0.1, 0.15) is 6.10 Å². The lowest BCUT2D eigenvalue weighted by Crippen LogP contribution is -2.35. The van der Waals surface area contributed by atoms with Gasteiger partial charge in [0.15, 0.2) is 0 Å². The van der Waals surface area contributed by atoms with E-state index in [9.17, 15) is 4.79 Å². The zero-order chi connectivity index (χ0) is 10.4. The molecule has 1 heterocycles. The highest BCUT2D eigenvalue weighted by atomic mass is 16.5. The standard InChI is InChI=1S/C10H19NO3/c1-8(13-2)10(12)11-6-5-9-4-3-7-14-9/h8-9H,3-7H2,1-2H3,(H,11,12). The van der Waals surface area contributed by atoms with Crippen LogP contribution in [0.25, 0.3) is 0 Å². The molecule has 0 aliphatic carbocycles. The van der Waals surface area contributed by atoms with E-state index in [2.05, 4.69) is 5.32 Å². The minimum Gasteiger partial charge on any atom is -0.378 e. The van der Waals surface area contributed by atoms with Crippen molar-refractivity contribution < 1.29 is 14.3 Å². The van der Waals surface area contributed by atoms with Crippen molar-refractivity contribution in [3.63, 3.8) is 0 Å². The quantitative estimate of drug-likeness (QED) is 0.712. The molecule has 4 nitrogen and oxygen atoms in total. The second kappa shape index (κ2) is 5.98. The van der Waals surface area contributed by atoms with Gasteiger partial charge in [-0.3, -0.25) is 4.79 Å². The minimum absolute atomic E-state index is 0.0505. The molecule has 0 bridgehead atoms. The summed E-state index contributed by atoms with van der Waals surface area (Å²) in [4.78, 5) is 11.3. The third kappa shape index (κ3) is 3.64. The topological polar surface area (TPSA) is 47.6 Å². The van der Waals surface area contributed by atoms with Crippen LogP contribution in [0, 0.1) is 0 Å². The van der Waals surface area contributed by atoms with Crippen molar-refractivity contribution in [1.82, 2.24) is 5.32 Å². The highest BCUT2D eigenvalue weighted by molar-refractivity contribution is 5.80. The lowest BCUT2D eigenvalue weighted by molar-refractivity contribution is -0.130. The number of amides is 1. The summed E-state index contributed by atoms with van der Waals surface area (Å²) in [6.07, 6.45) is 3.15. The number of ether oxygens (including phenoxy) is 2. The van der Waals surface area contributed by atoms with Gasteiger partial charge in [0.05, 0.1) is 6.10 Å². The molecule has 82 valence electrons. The first kappa shape index (κ1) is 11.5. The summed E-state index contributed by atoms with van der Waals surface area (Å²) in [5.41, 5.74) is 0. The Bertz CT molecular complexity index is 178. The van der Waals surface area contributed by atoms with Gasteiger partial charge in [-0.15, -0.1) is 0 Å². The predicted molar refractivity (Wildman–Crippen MR) is 53.1 cm³/mol. The Hall–Kier alpha value is -0.610. The third-order valence-electron chi connectivity index (χ3n) is 2.51. The Morgan fingerprint density at radius 2 is 2.50 bits per heavy atom. The smallest absolute Gasteiger partial charge is 0.248 e. The molecule has 1 aliphatic rings. The molecule has 1 amide bonds. The fraction of sp³-hybridized carbons (Fsp3) is 0.900. The molecule has 0 aromatic carbocycles. The van der Waals surface area contributed by atoms with Crippen LogP contribution >= 0.6 is 0 Å². The SMILES string of the molecule is COC(C)C(=O)NCCC1CCCO1. The molecule has 1 rings (SSSR count). The van der Waals surface area contributed by atoms with E-state index < -0.39 is 0 Å². The van der Waals surface area contributed by atoms with Crippen LogP contribution in [-0.4, -0.2) is 38.4 Å². The molecule has 1 N–H and O–H groups in total. The predicted octanol–water partition coefficient (Wildman–Crippen LogP) is 0.707. The van der Waals surface area contributed by atoms with Gasteiger partial charge in [-0.25, -0.2) is 0 Å². The van der Waals surface area contributed by atoms with Crippen LogP contribution in [-0.2, 0) is 14.3 Å². The number of carbonyl (C=O) groups is 1. The minimum atomic E-state index is -0.362. The number of rotatable bonds is 5. The normalized spacial score (nSPS) is 23.4. The van der Waals surface area contributed by atoms with E-state index in [0.717, 1.165) is 25.9 Å². The first-order valence-electron chi connectivity index (χ1n) is 5.16. The molecule has 2 unspecified atom stereocenters. The van der Waals surface area contributed by atoms with Gasteiger partial charge in [0.25, 0.3) is 0 Å². The second-order valence-corrected chi connectivity index (χ2v) is 3.59. The Labute approximate surface area is 85.0 Å². The number of carbonyl (C=O) groups excluding carboxylic acids is 1. The van der Waals surface area contributed by atoms with Crippen molar-refractivity contribution in [2.75, 3.05) is 20.3 Å². The van der Waals surface area contributed by atoms with E-state index in [1.807, 2.05) is 0 Å². The van der Waals surface area contributed by atoms with Crippen LogP contribution < -0.4 is 5.32 Å². The monoisotopic (exact) mass is 201 g/mol. The zero-order valence-corrected chi connectivity index (χ0v) is 8.91. The number of methoxy groups -OCH3 is 1. The zero-order valence-electron chi connectivity index (χ0n) is 8.91. The first-order chi connectivity index (χ1) is 6.74. The summed E-state index contributed by atoms with van der Waals surface area (Å²) in [6, 6.07) is 0. The highest BCUT2D eigenvalue weighted by Gasteiger charge is 2.16. The van der Waals surface area contributed by atoms with E-state index in [4.69, 9.17) is 9.47 Å². The molecular formula is C10H19NO3. The van der Waals surface area contributed by atoms with E-state index >= 15 is 0 Å². The Morgan fingerprint density at radius 3 is 3.07 bits per heavy atom. The van der Waals surface area contributed by atoms with Gasteiger partial charge in [-0.05, 0) is 26.2 Å². The fourth-order valence-electron chi connectivity index (χ4n) is 1.48. The first-order valence-corrected chi connectivity index (χ1v) is 5.16. The molecular weight excluding hydrogens is 182 g/mol. The largest absolute Gasteiger partial charge is 0.378 e. The molecule has 1 saturated heterocycles. The summed E-state index contributed by atoms with van der Waals surface area (Å²) in [6.45, 7) is 3.28. The van der Waals surface area contributed by atoms with E-state index in [0.29, 0.717) is 12.6 Å². The van der Waals surface area contributed by atoms with Crippen LogP contribution in [0.4, 0.5) is 0 Å². The van der Waals surface area contributed by atoms with Crippen LogP contribution in [0.1, 0.15) is 26.2 Å². The maximum Gasteiger partial charge on any atom is 0.248 e. The third-order valence-corrected chi connectivity index (χ3v) is 2.51. The summed E-state index contributed by atoms with van der Waals surface area (Å²) in [5.74, 6) is -0.0505. The van der Waals surface area contributed by atoms with Gasteiger partial charge >= 0.3 is 0 Å². The summed E-state index contributed by atoms with van der Waals surface area (Å²) in [5, 5.41) is 2.82. The molecule has 1 aliphatic heterocycles. The van der Waals surface area contributed by atoms with Crippen LogP contribution in [0.15, 0.2) is 0 Å². The number of hydrogen-bond acceptors (Lipinski definition) is 3. The van der Waals surface area contributed by atoms with Crippen molar-refractivity contribution in [3.8, 4) is 0 Å². The van der Waals surface area contributed by atoms with Crippen molar-refractivity contribution in [2.24, 2.45) is 0 Å². The van der Waals surface area contributed by atoms with Gasteiger partial charge in [-0.1, -0.05) is 0 Å². The number of hydrogen-bond donors (Lipinski definition) is 1. The molecule has 0 radical (unpaired) electrons. The molecule has 0 aromatic heterocycles. The van der Waals surface area contributed by atoms with E-state index in [1.54, 1.807) is 6.92 Å². The van der Waals surface area contributed by atoms with Crippen molar-refractivity contribution in [3.05, 3.63) is 0 Å². The average Bonchev–Trinajstić information content (AvgIpc) is 2.69. The molecule has 1 fully saturated rings. The number of nitrogens with one attached hydrogen (secondary N) is 1. The summed E-state index contributed by atoms with van der Waals surface area (Å²) < 4.78 is 10.3. The average molecular weight is 201 g/mol. The van der Waals surface area contributed by atoms with Crippen molar-refractivity contribution in [2.45, 2.75) is 38.4 Å². The van der Waals surface area contributed by atoms with Crippen molar-refractivity contribution in [1.29, 1.82) is 0 Å². The van der Waals surface area contributed by atoms with Gasteiger partial charge in [0, 0.05) is 20.3 Å². The molecule has 4 heteroatoms. The molecule has 0 aromatic rings. The fourth-order valence-corrected chi connectivity index (χ4v) is 1.48. The Kier molecular flexibility index (Phi) is 4.90. The molecule has 0 saturated carbocycles. The Balaban J connectivity index is 2.05. The maximum absolute atomic E-state index is 11.3. The van der Waals surface area contributed by atoms with Crippen LogP contribution in [0.2, 0.25) is 0 Å². The van der Waals surface area contributed by atoms with Crippen LogP contribution in [0.3, 0.4) is 0 Å².